The molecule has 0 aliphatic carbocycles. The monoisotopic (exact) mass is 246 g/mol. The third-order valence-electron chi connectivity index (χ3n) is 2.33. The summed E-state index contributed by atoms with van der Waals surface area (Å²) in [5.74, 6) is 0.772. The molecule has 0 fully saturated rings. The van der Waals surface area contributed by atoms with E-state index >= 15 is 0 Å². The van der Waals surface area contributed by atoms with Gasteiger partial charge in [0.2, 0.25) is 0 Å². The van der Waals surface area contributed by atoms with Crippen LogP contribution in [0.4, 0.5) is 0 Å². The lowest BCUT2D eigenvalue weighted by atomic mass is 10.2. The van der Waals surface area contributed by atoms with Crippen molar-refractivity contribution in [3.63, 3.8) is 0 Å². The third-order valence-corrected chi connectivity index (χ3v) is 2.59. The van der Waals surface area contributed by atoms with E-state index in [9.17, 15) is 4.79 Å². The van der Waals surface area contributed by atoms with Crippen LogP contribution >= 0.6 is 11.6 Å². The van der Waals surface area contributed by atoms with Crippen LogP contribution in [0.15, 0.2) is 48.5 Å². The van der Waals surface area contributed by atoms with E-state index in [-0.39, 0.29) is 0 Å². The van der Waals surface area contributed by atoms with Crippen molar-refractivity contribution in [3.05, 3.63) is 64.7 Å². The second-order valence-corrected chi connectivity index (χ2v) is 4.04. The maximum absolute atomic E-state index is 10.5. The molecule has 0 N–H and O–H groups in total. The summed E-state index contributed by atoms with van der Waals surface area (Å²) >= 11 is 5.77. The van der Waals surface area contributed by atoms with Crippen LogP contribution in [0.5, 0.6) is 5.75 Å². The molecule has 2 nitrogen and oxygen atoms in total. The number of carbonyl (C=O) groups is 1. The van der Waals surface area contributed by atoms with E-state index in [1.165, 1.54) is 0 Å². The van der Waals surface area contributed by atoms with Crippen molar-refractivity contribution in [1.82, 2.24) is 0 Å². The highest BCUT2D eigenvalue weighted by Gasteiger charge is 1.96. The largest absolute Gasteiger partial charge is 0.489 e. The Labute approximate surface area is 105 Å². The molecule has 0 aliphatic heterocycles. The van der Waals surface area contributed by atoms with E-state index in [1.54, 1.807) is 24.3 Å². The highest BCUT2D eigenvalue weighted by Crippen LogP contribution is 2.16. The quantitative estimate of drug-likeness (QED) is 0.769. The van der Waals surface area contributed by atoms with Crippen LogP contribution in [0.2, 0.25) is 5.02 Å². The minimum absolute atomic E-state index is 0.473. The molecule has 0 radical (unpaired) electrons. The molecule has 0 aliphatic rings. The van der Waals surface area contributed by atoms with Crippen LogP contribution in [0.3, 0.4) is 0 Å². The Hall–Kier alpha value is -1.80. The molecule has 0 saturated heterocycles. The number of ether oxygens (including phenoxy) is 1. The van der Waals surface area contributed by atoms with E-state index in [0.29, 0.717) is 17.2 Å². The SMILES string of the molecule is O=Cc1ccc(COc2ccc(Cl)cc2)cc1. The Morgan fingerprint density at radius 2 is 1.65 bits per heavy atom. The zero-order valence-electron chi connectivity index (χ0n) is 9.10. The minimum atomic E-state index is 0.473. The highest BCUT2D eigenvalue weighted by atomic mass is 35.5. The molecule has 17 heavy (non-hydrogen) atoms. The number of hydrogen-bond acceptors (Lipinski definition) is 2. The van der Waals surface area contributed by atoms with E-state index in [4.69, 9.17) is 16.3 Å². The summed E-state index contributed by atoms with van der Waals surface area (Å²) in [4.78, 5) is 10.5. The first-order chi connectivity index (χ1) is 8.28. The smallest absolute Gasteiger partial charge is 0.150 e. The van der Waals surface area contributed by atoms with Crippen molar-refractivity contribution in [2.45, 2.75) is 6.61 Å². The van der Waals surface area contributed by atoms with Crippen LogP contribution in [0.25, 0.3) is 0 Å². The molecule has 0 amide bonds. The zero-order valence-corrected chi connectivity index (χ0v) is 9.85. The van der Waals surface area contributed by atoms with Crippen LogP contribution < -0.4 is 4.74 Å². The first kappa shape index (κ1) is 11.7. The van der Waals surface area contributed by atoms with Crippen molar-refractivity contribution >= 4 is 17.9 Å². The number of hydrogen-bond donors (Lipinski definition) is 0. The van der Waals surface area contributed by atoms with Crippen LogP contribution in [0.1, 0.15) is 15.9 Å². The fourth-order valence-electron chi connectivity index (χ4n) is 1.39. The second kappa shape index (κ2) is 5.51. The van der Waals surface area contributed by atoms with Crippen molar-refractivity contribution in [2.24, 2.45) is 0 Å². The maximum atomic E-state index is 10.5. The van der Waals surface area contributed by atoms with Gasteiger partial charge in [-0.05, 0) is 29.8 Å². The third kappa shape index (κ3) is 3.33. The number of benzene rings is 2. The number of aldehydes is 1. The molecule has 2 rings (SSSR count). The van der Waals surface area contributed by atoms with Gasteiger partial charge in [-0.2, -0.15) is 0 Å². The van der Waals surface area contributed by atoms with E-state index in [0.717, 1.165) is 17.6 Å². The predicted octanol–water partition coefficient (Wildman–Crippen LogP) is 3.73. The average Bonchev–Trinajstić information content (AvgIpc) is 2.39. The molecule has 3 heteroatoms. The maximum Gasteiger partial charge on any atom is 0.150 e. The molecule has 0 bridgehead atoms. The van der Waals surface area contributed by atoms with Crippen LogP contribution in [-0.2, 0) is 6.61 Å². The van der Waals surface area contributed by atoms with Gasteiger partial charge in [0.05, 0.1) is 0 Å². The van der Waals surface area contributed by atoms with Gasteiger partial charge in [0.1, 0.15) is 18.6 Å². The van der Waals surface area contributed by atoms with Gasteiger partial charge in [-0.15, -0.1) is 0 Å². The summed E-state index contributed by atoms with van der Waals surface area (Å²) in [6, 6.07) is 14.5. The average molecular weight is 247 g/mol. The summed E-state index contributed by atoms with van der Waals surface area (Å²) in [5, 5.41) is 0.688. The van der Waals surface area contributed by atoms with Gasteiger partial charge >= 0.3 is 0 Å². The predicted molar refractivity (Wildman–Crippen MR) is 67.6 cm³/mol. The molecule has 0 atom stereocenters. The Balaban J connectivity index is 1.97. The van der Waals surface area contributed by atoms with Crippen molar-refractivity contribution in [3.8, 4) is 5.75 Å². The summed E-state index contributed by atoms with van der Waals surface area (Å²) in [5.41, 5.74) is 1.69. The number of carbonyl (C=O) groups excluding carboxylic acids is 1. The lowest BCUT2D eigenvalue weighted by Gasteiger charge is -2.06. The van der Waals surface area contributed by atoms with Gasteiger partial charge in [-0.3, -0.25) is 4.79 Å². The molecule has 0 aromatic heterocycles. The zero-order chi connectivity index (χ0) is 12.1. The molecule has 0 unspecified atom stereocenters. The molecule has 2 aromatic rings. The van der Waals surface area contributed by atoms with Crippen LogP contribution in [0, 0.1) is 0 Å². The molecule has 0 spiro atoms. The van der Waals surface area contributed by atoms with Gasteiger partial charge in [-0.25, -0.2) is 0 Å². The summed E-state index contributed by atoms with van der Waals surface area (Å²) in [7, 11) is 0. The van der Waals surface area contributed by atoms with Crippen LogP contribution in [-0.4, -0.2) is 6.29 Å². The molecule has 86 valence electrons. The number of rotatable bonds is 4. The van der Waals surface area contributed by atoms with Crippen molar-refractivity contribution < 1.29 is 9.53 Å². The first-order valence-corrected chi connectivity index (χ1v) is 5.58. The van der Waals surface area contributed by atoms with Crippen molar-refractivity contribution in [1.29, 1.82) is 0 Å². The summed E-state index contributed by atoms with van der Waals surface area (Å²) in [6.45, 7) is 0.473. The van der Waals surface area contributed by atoms with Gasteiger partial charge in [0, 0.05) is 10.6 Å². The topological polar surface area (TPSA) is 26.3 Å². The minimum Gasteiger partial charge on any atom is -0.489 e. The Kier molecular flexibility index (Phi) is 3.78. The summed E-state index contributed by atoms with van der Waals surface area (Å²) < 4.78 is 5.57. The molecule has 2 aromatic carbocycles. The Bertz CT molecular complexity index is 489. The first-order valence-electron chi connectivity index (χ1n) is 5.20. The van der Waals surface area contributed by atoms with Gasteiger partial charge in [0.15, 0.2) is 0 Å². The fraction of sp³-hybridized carbons (Fsp3) is 0.0714. The Morgan fingerprint density at radius 1 is 1.00 bits per heavy atom. The standard InChI is InChI=1S/C14H11ClO2/c15-13-5-7-14(8-6-13)17-10-12-3-1-11(9-16)2-4-12/h1-9H,10H2. The van der Waals surface area contributed by atoms with Gasteiger partial charge in [-0.1, -0.05) is 35.9 Å². The Morgan fingerprint density at radius 3 is 2.24 bits per heavy atom. The normalized spacial score (nSPS) is 9.94. The lowest BCUT2D eigenvalue weighted by Crippen LogP contribution is -1.95. The van der Waals surface area contributed by atoms with Gasteiger partial charge in [0.25, 0.3) is 0 Å². The lowest BCUT2D eigenvalue weighted by molar-refractivity contribution is 0.112. The second-order valence-electron chi connectivity index (χ2n) is 3.60. The summed E-state index contributed by atoms with van der Waals surface area (Å²) in [6.07, 6.45) is 0.823. The van der Waals surface area contributed by atoms with Crippen molar-refractivity contribution in [2.75, 3.05) is 0 Å². The highest BCUT2D eigenvalue weighted by molar-refractivity contribution is 6.30. The van der Waals surface area contributed by atoms with E-state index < -0.39 is 0 Å². The number of halogens is 1. The van der Waals surface area contributed by atoms with E-state index in [1.807, 2.05) is 24.3 Å². The fourth-order valence-corrected chi connectivity index (χ4v) is 1.52. The molecular formula is C14H11ClO2. The molecular weight excluding hydrogens is 236 g/mol. The van der Waals surface area contributed by atoms with E-state index in [2.05, 4.69) is 0 Å². The van der Waals surface area contributed by atoms with Gasteiger partial charge < -0.3 is 4.74 Å². The molecule has 0 saturated carbocycles. The molecule has 0 heterocycles.